The lowest BCUT2D eigenvalue weighted by Gasteiger charge is -2.08. The SMILES string of the molecule is CC1C=CCCC1.CCCCCC(C)C. The summed E-state index contributed by atoms with van der Waals surface area (Å²) in [6.07, 6.45) is 14.3. The van der Waals surface area contributed by atoms with Crippen molar-refractivity contribution in [2.24, 2.45) is 11.8 Å². The molecule has 1 unspecified atom stereocenters. The number of allylic oxidation sites excluding steroid dienone is 2. The molecule has 1 rings (SSSR count). The zero-order valence-corrected chi connectivity index (χ0v) is 11.3. The molecule has 0 fully saturated rings. The van der Waals surface area contributed by atoms with E-state index >= 15 is 0 Å². The summed E-state index contributed by atoms with van der Waals surface area (Å²) in [4.78, 5) is 0. The van der Waals surface area contributed by atoms with Crippen molar-refractivity contribution in [1.29, 1.82) is 0 Å². The third-order valence-corrected chi connectivity index (χ3v) is 2.88. The Kier molecular flexibility index (Phi) is 10.1. The lowest BCUT2D eigenvalue weighted by Crippen LogP contribution is -1.92. The molecule has 1 aliphatic rings. The van der Waals surface area contributed by atoms with E-state index in [1.165, 1.54) is 44.9 Å². The monoisotopic (exact) mass is 210 g/mol. The largest absolute Gasteiger partial charge is 0.0883 e. The lowest BCUT2D eigenvalue weighted by atomic mass is 9.98. The fourth-order valence-corrected chi connectivity index (χ4v) is 1.79. The van der Waals surface area contributed by atoms with Crippen LogP contribution in [-0.4, -0.2) is 0 Å². The highest BCUT2D eigenvalue weighted by molar-refractivity contribution is 4.90. The quantitative estimate of drug-likeness (QED) is 0.419. The van der Waals surface area contributed by atoms with Gasteiger partial charge in [0.1, 0.15) is 0 Å². The van der Waals surface area contributed by atoms with Crippen LogP contribution in [0.1, 0.15) is 72.6 Å². The van der Waals surface area contributed by atoms with E-state index in [1.807, 2.05) is 0 Å². The molecule has 1 atom stereocenters. The Balaban J connectivity index is 0.000000262. The van der Waals surface area contributed by atoms with Gasteiger partial charge in [-0.05, 0) is 31.1 Å². The molecule has 0 radical (unpaired) electrons. The molecule has 15 heavy (non-hydrogen) atoms. The number of hydrogen-bond donors (Lipinski definition) is 0. The van der Waals surface area contributed by atoms with Crippen LogP contribution in [0.25, 0.3) is 0 Å². The van der Waals surface area contributed by atoms with Crippen molar-refractivity contribution in [2.75, 3.05) is 0 Å². The molecule has 0 bridgehead atoms. The summed E-state index contributed by atoms with van der Waals surface area (Å²) in [6, 6.07) is 0. The van der Waals surface area contributed by atoms with Gasteiger partial charge in [0.05, 0.1) is 0 Å². The average molecular weight is 210 g/mol. The van der Waals surface area contributed by atoms with Gasteiger partial charge in [0, 0.05) is 0 Å². The molecule has 0 amide bonds. The Morgan fingerprint density at radius 3 is 2.33 bits per heavy atom. The first-order valence-electron chi connectivity index (χ1n) is 6.83. The maximum absolute atomic E-state index is 2.31. The zero-order valence-electron chi connectivity index (χ0n) is 11.3. The van der Waals surface area contributed by atoms with E-state index < -0.39 is 0 Å². The molecule has 0 aromatic heterocycles. The van der Waals surface area contributed by atoms with Crippen LogP contribution in [0.3, 0.4) is 0 Å². The smallest absolute Gasteiger partial charge is 0.0262 e. The first-order chi connectivity index (χ1) is 7.16. The van der Waals surface area contributed by atoms with E-state index in [0.717, 1.165) is 11.8 Å². The van der Waals surface area contributed by atoms with Crippen LogP contribution in [-0.2, 0) is 0 Å². The molecule has 90 valence electrons. The average Bonchev–Trinajstić information content (AvgIpc) is 2.20. The second kappa shape index (κ2) is 10.3. The highest BCUT2D eigenvalue weighted by atomic mass is 14.0. The maximum Gasteiger partial charge on any atom is -0.0262 e. The number of hydrogen-bond acceptors (Lipinski definition) is 0. The predicted octanol–water partition coefficient (Wildman–Crippen LogP) is 5.59. The van der Waals surface area contributed by atoms with E-state index in [0.29, 0.717) is 0 Å². The van der Waals surface area contributed by atoms with Gasteiger partial charge >= 0.3 is 0 Å². The Bertz CT molecular complexity index is 144. The molecule has 0 aromatic carbocycles. The van der Waals surface area contributed by atoms with Crippen LogP contribution >= 0.6 is 0 Å². The van der Waals surface area contributed by atoms with Crippen molar-refractivity contribution in [3.05, 3.63) is 12.2 Å². The lowest BCUT2D eigenvalue weighted by molar-refractivity contribution is 0.534. The standard InChI is InChI=1S/C8H18.C7H12/c1-4-5-6-7-8(2)3;1-7-5-3-2-4-6-7/h8H,4-7H2,1-3H3;3,5,7H,2,4,6H2,1H3. The summed E-state index contributed by atoms with van der Waals surface area (Å²) >= 11 is 0. The zero-order chi connectivity index (χ0) is 11.5. The maximum atomic E-state index is 2.31. The molecule has 0 aromatic rings. The van der Waals surface area contributed by atoms with Gasteiger partial charge in [-0.2, -0.15) is 0 Å². The first-order valence-corrected chi connectivity index (χ1v) is 6.83. The fourth-order valence-electron chi connectivity index (χ4n) is 1.79. The molecule has 0 saturated carbocycles. The normalized spacial score (nSPS) is 19.9. The highest BCUT2D eigenvalue weighted by Gasteiger charge is 1.98. The minimum Gasteiger partial charge on any atom is -0.0883 e. The minimum atomic E-state index is 0.855. The van der Waals surface area contributed by atoms with Gasteiger partial charge in [-0.1, -0.05) is 65.5 Å². The molecular formula is C15H30. The summed E-state index contributed by atoms with van der Waals surface area (Å²) in [5.41, 5.74) is 0. The fraction of sp³-hybridized carbons (Fsp3) is 0.867. The minimum absolute atomic E-state index is 0.855. The van der Waals surface area contributed by atoms with Crippen molar-refractivity contribution in [2.45, 2.75) is 72.6 Å². The van der Waals surface area contributed by atoms with Crippen molar-refractivity contribution in [3.8, 4) is 0 Å². The van der Waals surface area contributed by atoms with Crippen LogP contribution in [0.5, 0.6) is 0 Å². The number of rotatable bonds is 4. The number of unbranched alkanes of at least 4 members (excludes halogenated alkanes) is 2. The van der Waals surface area contributed by atoms with Crippen molar-refractivity contribution < 1.29 is 0 Å². The van der Waals surface area contributed by atoms with Gasteiger partial charge in [0.25, 0.3) is 0 Å². The van der Waals surface area contributed by atoms with E-state index in [2.05, 4.69) is 39.8 Å². The second-order valence-electron chi connectivity index (χ2n) is 5.23. The molecule has 0 N–H and O–H groups in total. The summed E-state index contributed by atoms with van der Waals surface area (Å²) in [5.74, 6) is 1.76. The molecule has 0 saturated heterocycles. The second-order valence-corrected chi connectivity index (χ2v) is 5.23. The summed E-state index contributed by atoms with van der Waals surface area (Å²) in [7, 11) is 0. The molecule has 0 heterocycles. The van der Waals surface area contributed by atoms with Crippen LogP contribution in [0.4, 0.5) is 0 Å². The summed E-state index contributed by atoms with van der Waals surface area (Å²) in [5, 5.41) is 0. The van der Waals surface area contributed by atoms with E-state index in [-0.39, 0.29) is 0 Å². The van der Waals surface area contributed by atoms with Gasteiger partial charge in [-0.15, -0.1) is 0 Å². The van der Waals surface area contributed by atoms with Crippen LogP contribution in [0.15, 0.2) is 12.2 Å². The summed E-state index contributed by atoms with van der Waals surface area (Å²) in [6.45, 7) is 9.10. The van der Waals surface area contributed by atoms with Gasteiger partial charge < -0.3 is 0 Å². The first kappa shape index (κ1) is 14.7. The third kappa shape index (κ3) is 11.7. The highest BCUT2D eigenvalue weighted by Crippen LogP contribution is 2.14. The van der Waals surface area contributed by atoms with Crippen molar-refractivity contribution in [1.82, 2.24) is 0 Å². The molecule has 1 aliphatic carbocycles. The Morgan fingerprint density at radius 2 is 2.00 bits per heavy atom. The van der Waals surface area contributed by atoms with E-state index in [4.69, 9.17) is 0 Å². The van der Waals surface area contributed by atoms with Crippen molar-refractivity contribution in [3.63, 3.8) is 0 Å². The van der Waals surface area contributed by atoms with Gasteiger partial charge in [0.15, 0.2) is 0 Å². The molecule has 0 spiro atoms. The Labute approximate surface area is 97.2 Å². The van der Waals surface area contributed by atoms with Crippen LogP contribution < -0.4 is 0 Å². The third-order valence-electron chi connectivity index (χ3n) is 2.88. The molecule has 0 aliphatic heterocycles. The van der Waals surface area contributed by atoms with Crippen LogP contribution in [0, 0.1) is 11.8 Å². The van der Waals surface area contributed by atoms with Crippen LogP contribution in [0.2, 0.25) is 0 Å². The molecule has 0 heteroatoms. The molecular weight excluding hydrogens is 180 g/mol. The summed E-state index contributed by atoms with van der Waals surface area (Å²) < 4.78 is 0. The topological polar surface area (TPSA) is 0 Å². The van der Waals surface area contributed by atoms with E-state index in [9.17, 15) is 0 Å². The molecule has 0 nitrogen and oxygen atoms in total. The van der Waals surface area contributed by atoms with Gasteiger partial charge in [-0.3, -0.25) is 0 Å². The Hall–Kier alpha value is -0.260. The van der Waals surface area contributed by atoms with Gasteiger partial charge in [-0.25, -0.2) is 0 Å². The van der Waals surface area contributed by atoms with E-state index in [1.54, 1.807) is 0 Å². The predicted molar refractivity (Wildman–Crippen MR) is 71.1 cm³/mol. The Morgan fingerprint density at radius 1 is 1.27 bits per heavy atom. The van der Waals surface area contributed by atoms with Gasteiger partial charge in [0.2, 0.25) is 0 Å². The van der Waals surface area contributed by atoms with Crippen molar-refractivity contribution >= 4 is 0 Å².